The fourth-order valence-corrected chi connectivity index (χ4v) is 4.92. The summed E-state index contributed by atoms with van der Waals surface area (Å²) in [6.07, 6.45) is 8.98. The first-order valence-corrected chi connectivity index (χ1v) is 8.74. The van der Waals surface area contributed by atoms with Crippen LogP contribution in [-0.4, -0.2) is 30.6 Å². The molecule has 1 aromatic rings. The number of methoxy groups -OCH3 is 1. The van der Waals surface area contributed by atoms with Gasteiger partial charge in [-0.3, -0.25) is 4.90 Å². The van der Waals surface area contributed by atoms with Crippen molar-refractivity contribution in [2.45, 2.75) is 57.5 Å². The van der Waals surface area contributed by atoms with Crippen molar-refractivity contribution in [3.05, 3.63) is 34.6 Å². The van der Waals surface area contributed by atoms with Gasteiger partial charge in [-0.15, -0.1) is 0 Å². The molecule has 1 heterocycles. The highest BCUT2D eigenvalue weighted by atomic mass is 19.1. The minimum atomic E-state index is -0.462. The van der Waals surface area contributed by atoms with Gasteiger partial charge in [0.15, 0.2) is 0 Å². The Labute approximate surface area is 136 Å². The molecule has 1 spiro atoms. The maximum Gasteiger partial charge on any atom is 0.337 e. The van der Waals surface area contributed by atoms with E-state index in [1.807, 2.05) is 0 Å². The monoisotopic (exact) mass is 317 g/mol. The number of hydrogen-bond acceptors (Lipinski definition) is 3. The van der Waals surface area contributed by atoms with E-state index in [2.05, 4.69) is 4.90 Å². The lowest BCUT2D eigenvalue weighted by Gasteiger charge is -2.51. The molecule has 0 radical (unpaired) electrons. The first-order chi connectivity index (χ1) is 11.1. The average molecular weight is 317 g/mol. The van der Waals surface area contributed by atoms with Crippen LogP contribution in [-0.2, 0) is 17.7 Å². The predicted octanol–water partition coefficient (Wildman–Crippen LogP) is 3.69. The summed E-state index contributed by atoms with van der Waals surface area (Å²) in [5.41, 5.74) is 2.69. The highest BCUT2D eigenvalue weighted by Crippen LogP contribution is 2.55. The summed E-state index contributed by atoms with van der Waals surface area (Å²) in [6, 6.07) is 3.76. The van der Waals surface area contributed by atoms with Crippen LogP contribution >= 0.6 is 0 Å². The second-order valence-corrected chi connectivity index (χ2v) is 7.58. The van der Waals surface area contributed by atoms with Crippen LogP contribution in [0, 0.1) is 11.2 Å². The quantitative estimate of drug-likeness (QED) is 0.779. The number of fused-ring (bicyclic) bond motifs is 1. The zero-order valence-electron chi connectivity index (χ0n) is 13.7. The molecule has 0 atom stereocenters. The van der Waals surface area contributed by atoms with E-state index in [9.17, 15) is 9.18 Å². The van der Waals surface area contributed by atoms with E-state index in [0.717, 1.165) is 24.1 Å². The lowest BCUT2D eigenvalue weighted by Crippen LogP contribution is -2.51. The third-order valence-corrected chi connectivity index (χ3v) is 6.26. The normalized spacial score (nSPS) is 23.6. The van der Waals surface area contributed by atoms with Crippen LogP contribution in [0.1, 0.15) is 60.0 Å². The van der Waals surface area contributed by atoms with Crippen molar-refractivity contribution in [3.8, 4) is 0 Å². The van der Waals surface area contributed by atoms with Gasteiger partial charge in [0, 0.05) is 24.7 Å². The molecule has 0 N–H and O–H groups in total. The molecule has 4 rings (SSSR count). The van der Waals surface area contributed by atoms with Crippen molar-refractivity contribution in [2.75, 3.05) is 13.7 Å². The molecule has 4 heteroatoms. The smallest absolute Gasteiger partial charge is 0.337 e. The standard InChI is InChI=1S/C19H24FNO2/c1-23-18(22)14-8-13-4-7-21(12-16(13)17(20)9-14)15-10-19(11-15)5-2-3-6-19/h8-9,15H,2-7,10-12H2,1H3. The Morgan fingerprint density at radius 2 is 2.04 bits per heavy atom. The van der Waals surface area contributed by atoms with E-state index < -0.39 is 5.97 Å². The zero-order valence-corrected chi connectivity index (χ0v) is 13.7. The van der Waals surface area contributed by atoms with E-state index in [4.69, 9.17) is 4.74 Å². The highest BCUT2D eigenvalue weighted by molar-refractivity contribution is 5.89. The Bertz CT molecular complexity index is 629. The number of nitrogens with zero attached hydrogens (tertiary/aromatic N) is 1. The minimum absolute atomic E-state index is 0.262. The molecular weight excluding hydrogens is 293 g/mol. The molecule has 0 bridgehead atoms. The van der Waals surface area contributed by atoms with Crippen molar-refractivity contribution in [1.82, 2.24) is 4.90 Å². The van der Waals surface area contributed by atoms with E-state index in [0.29, 0.717) is 23.6 Å². The van der Waals surface area contributed by atoms with Gasteiger partial charge in [0.05, 0.1) is 12.7 Å². The van der Waals surface area contributed by atoms with E-state index in [-0.39, 0.29) is 5.82 Å². The van der Waals surface area contributed by atoms with Gasteiger partial charge in [-0.1, -0.05) is 12.8 Å². The number of carbonyl (C=O) groups is 1. The number of carbonyl (C=O) groups excluding carboxylic acids is 1. The molecule has 1 aliphatic heterocycles. The number of benzene rings is 1. The lowest BCUT2D eigenvalue weighted by atomic mass is 9.63. The zero-order chi connectivity index (χ0) is 16.0. The Morgan fingerprint density at radius 1 is 1.30 bits per heavy atom. The van der Waals surface area contributed by atoms with E-state index >= 15 is 0 Å². The molecular formula is C19H24FNO2. The fourth-order valence-electron chi connectivity index (χ4n) is 4.92. The molecule has 3 aliphatic rings. The molecule has 2 saturated carbocycles. The summed E-state index contributed by atoms with van der Waals surface area (Å²) >= 11 is 0. The third-order valence-electron chi connectivity index (χ3n) is 6.26. The van der Waals surface area contributed by atoms with Crippen molar-refractivity contribution in [3.63, 3.8) is 0 Å². The Balaban J connectivity index is 1.48. The van der Waals surface area contributed by atoms with Crippen LogP contribution in [0.4, 0.5) is 4.39 Å². The van der Waals surface area contributed by atoms with Crippen LogP contribution in [0.2, 0.25) is 0 Å². The van der Waals surface area contributed by atoms with Crippen LogP contribution in [0.15, 0.2) is 12.1 Å². The number of ether oxygens (including phenoxy) is 1. The largest absolute Gasteiger partial charge is 0.465 e. The van der Waals surface area contributed by atoms with Crippen molar-refractivity contribution in [1.29, 1.82) is 0 Å². The van der Waals surface area contributed by atoms with Gasteiger partial charge in [-0.2, -0.15) is 0 Å². The number of esters is 1. The lowest BCUT2D eigenvalue weighted by molar-refractivity contribution is -0.00283. The Morgan fingerprint density at radius 3 is 2.74 bits per heavy atom. The van der Waals surface area contributed by atoms with Crippen molar-refractivity contribution in [2.24, 2.45) is 5.41 Å². The van der Waals surface area contributed by atoms with Crippen LogP contribution in [0.5, 0.6) is 0 Å². The first kappa shape index (κ1) is 15.1. The SMILES string of the molecule is COC(=O)c1cc(F)c2c(c1)CCN(C1CC3(CCCC3)C1)C2. The number of halogens is 1. The molecule has 1 aromatic carbocycles. The fraction of sp³-hybridized carbons (Fsp3) is 0.632. The Kier molecular flexibility index (Phi) is 3.67. The molecule has 0 unspecified atom stereocenters. The number of rotatable bonds is 2. The van der Waals surface area contributed by atoms with Gasteiger partial charge in [0.25, 0.3) is 0 Å². The third kappa shape index (κ3) is 2.57. The van der Waals surface area contributed by atoms with Gasteiger partial charge in [-0.25, -0.2) is 9.18 Å². The van der Waals surface area contributed by atoms with E-state index in [1.54, 1.807) is 6.07 Å². The second-order valence-electron chi connectivity index (χ2n) is 7.58. The summed E-state index contributed by atoms with van der Waals surface area (Å²) in [5.74, 6) is -0.723. The van der Waals surface area contributed by atoms with Crippen molar-refractivity contribution < 1.29 is 13.9 Å². The van der Waals surface area contributed by atoms with Crippen LogP contribution in [0.25, 0.3) is 0 Å². The van der Waals surface area contributed by atoms with Gasteiger partial charge < -0.3 is 4.74 Å². The van der Waals surface area contributed by atoms with Gasteiger partial charge in [0.1, 0.15) is 5.82 Å². The van der Waals surface area contributed by atoms with Crippen LogP contribution in [0.3, 0.4) is 0 Å². The molecule has 3 nitrogen and oxygen atoms in total. The Hall–Kier alpha value is -1.42. The second kappa shape index (κ2) is 5.59. The first-order valence-electron chi connectivity index (χ1n) is 8.74. The summed E-state index contributed by atoms with van der Waals surface area (Å²) in [5, 5.41) is 0. The topological polar surface area (TPSA) is 29.5 Å². The number of hydrogen-bond donors (Lipinski definition) is 0. The molecule has 0 aromatic heterocycles. The maximum atomic E-state index is 14.4. The average Bonchev–Trinajstić information content (AvgIpc) is 3.02. The van der Waals surface area contributed by atoms with Gasteiger partial charge in [0.2, 0.25) is 0 Å². The summed E-state index contributed by atoms with van der Waals surface area (Å²) < 4.78 is 19.2. The molecule has 0 saturated heterocycles. The molecule has 0 amide bonds. The van der Waals surface area contributed by atoms with Gasteiger partial charge >= 0.3 is 5.97 Å². The van der Waals surface area contributed by atoms with Crippen LogP contribution < -0.4 is 0 Å². The molecule has 23 heavy (non-hydrogen) atoms. The summed E-state index contributed by atoms with van der Waals surface area (Å²) in [6.45, 7) is 1.65. The van der Waals surface area contributed by atoms with Crippen molar-refractivity contribution >= 4 is 5.97 Å². The molecule has 2 fully saturated rings. The minimum Gasteiger partial charge on any atom is -0.465 e. The molecule has 2 aliphatic carbocycles. The summed E-state index contributed by atoms with van der Waals surface area (Å²) in [7, 11) is 1.33. The summed E-state index contributed by atoms with van der Waals surface area (Å²) in [4.78, 5) is 14.1. The highest BCUT2D eigenvalue weighted by Gasteiger charge is 2.48. The predicted molar refractivity (Wildman–Crippen MR) is 85.8 cm³/mol. The molecule has 124 valence electrons. The van der Waals surface area contributed by atoms with E-state index in [1.165, 1.54) is 51.7 Å². The maximum absolute atomic E-state index is 14.4. The van der Waals surface area contributed by atoms with Gasteiger partial charge in [-0.05, 0) is 55.2 Å².